The van der Waals surface area contributed by atoms with Crippen LogP contribution in [0, 0.1) is 12.7 Å². The highest BCUT2D eigenvalue weighted by Gasteiger charge is 2.20. The Hall–Kier alpha value is -3.39. The molecule has 0 unspecified atom stereocenters. The van der Waals surface area contributed by atoms with Crippen molar-refractivity contribution in [2.75, 3.05) is 7.11 Å². The number of thioether (sulfide) groups is 1. The van der Waals surface area contributed by atoms with Crippen LogP contribution in [0.2, 0.25) is 0 Å². The van der Waals surface area contributed by atoms with E-state index in [0.29, 0.717) is 28.1 Å². The normalized spacial score (nSPS) is 10.9. The van der Waals surface area contributed by atoms with E-state index in [0.717, 1.165) is 11.3 Å². The number of hydrogen-bond donors (Lipinski definition) is 0. The number of carbonyl (C=O) groups is 1. The van der Waals surface area contributed by atoms with Crippen LogP contribution in [-0.2, 0) is 10.5 Å². The second kappa shape index (κ2) is 8.54. The van der Waals surface area contributed by atoms with E-state index in [9.17, 15) is 9.18 Å². The number of hydrogen-bond acceptors (Lipinski definition) is 6. The maximum absolute atomic E-state index is 14.5. The van der Waals surface area contributed by atoms with Crippen molar-refractivity contribution in [3.63, 3.8) is 0 Å². The molecule has 0 aliphatic rings. The Labute approximate surface area is 176 Å². The quantitative estimate of drug-likeness (QED) is 0.319. The van der Waals surface area contributed by atoms with Gasteiger partial charge in [-0.2, -0.15) is 0 Å². The van der Waals surface area contributed by atoms with Crippen molar-refractivity contribution in [1.82, 2.24) is 14.8 Å². The highest BCUT2D eigenvalue weighted by atomic mass is 32.2. The highest BCUT2D eigenvalue weighted by molar-refractivity contribution is 7.98. The van der Waals surface area contributed by atoms with E-state index in [2.05, 4.69) is 14.9 Å². The molecule has 0 N–H and O–H groups in total. The number of esters is 1. The van der Waals surface area contributed by atoms with E-state index in [1.54, 1.807) is 30.3 Å². The number of benzene rings is 2. The molecule has 8 heteroatoms. The van der Waals surface area contributed by atoms with Gasteiger partial charge in [-0.25, -0.2) is 9.18 Å². The van der Waals surface area contributed by atoms with Crippen molar-refractivity contribution in [3.8, 4) is 17.1 Å². The van der Waals surface area contributed by atoms with Gasteiger partial charge in [0, 0.05) is 0 Å². The first kappa shape index (κ1) is 19.9. The molecule has 2 aromatic carbocycles. The zero-order valence-corrected chi connectivity index (χ0v) is 17.1. The number of aryl methyl sites for hydroxylation is 1. The Morgan fingerprint density at radius 1 is 1.10 bits per heavy atom. The minimum atomic E-state index is -0.531. The number of furan rings is 1. The molecule has 4 aromatic rings. The van der Waals surface area contributed by atoms with Gasteiger partial charge in [0.15, 0.2) is 11.0 Å². The number of ether oxygens (including phenoxy) is 1. The summed E-state index contributed by atoms with van der Waals surface area (Å²) in [4.78, 5) is 11.6. The zero-order valence-electron chi connectivity index (χ0n) is 16.3. The van der Waals surface area contributed by atoms with Gasteiger partial charge in [0.1, 0.15) is 11.6 Å². The third-order valence-electron chi connectivity index (χ3n) is 4.50. The SMILES string of the molecule is COC(=O)c1ccc(CSc2nnc(-c3ccccc3F)n2-c2ccccc2C)o1. The lowest BCUT2D eigenvalue weighted by Gasteiger charge is -2.13. The first-order valence-electron chi connectivity index (χ1n) is 9.14. The molecule has 0 atom stereocenters. The summed E-state index contributed by atoms with van der Waals surface area (Å²) in [5.41, 5.74) is 2.23. The number of para-hydroxylation sites is 1. The molecule has 6 nitrogen and oxygen atoms in total. The van der Waals surface area contributed by atoms with Crippen LogP contribution < -0.4 is 0 Å². The van der Waals surface area contributed by atoms with E-state index in [4.69, 9.17) is 4.42 Å². The van der Waals surface area contributed by atoms with Gasteiger partial charge in [0.2, 0.25) is 5.76 Å². The number of methoxy groups -OCH3 is 1. The molecule has 0 bridgehead atoms. The van der Waals surface area contributed by atoms with Gasteiger partial charge in [-0.05, 0) is 42.8 Å². The number of rotatable bonds is 6. The fourth-order valence-electron chi connectivity index (χ4n) is 3.01. The molecule has 30 heavy (non-hydrogen) atoms. The highest BCUT2D eigenvalue weighted by Crippen LogP contribution is 2.32. The Balaban J connectivity index is 1.72. The van der Waals surface area contributed by atoms with Crippen LogP contribution in [0.4, 0.5) is 4.39 Å². The molecule has 0 aliphatic heterocycles. The number of carbonyl (C=O) groups excluding carboxylic acids is 1. The summed E-state index contributed by atoms with van der Waals surface area (Å²) in [7, 11) is 1.30. The predicted octanol–water partition coefficient (Wildman–Crippen LogP) is 5.05. The van der Waals surface area contributed by atoms with E-state index in [-0.39, 0.29) is 11.6 Å². The smallest absolute Gasteiger partial charge is 0.373 e. The van der Waals surface area contributed by atoms with E-state index >= 15 is 0 Å². The zero-order chi connectivity index (χ0) is 21.1. The van der Waals surface area contributed by atoms with Gasteiger partial charge >= 0.3 is 5.97 Å². The van der Waals surface area contributed by atoms with Crippen LogP contribution in [0.15, 0.2) is 70.2 Å². The molecule has 4 rings (SSSR count). The fraction of sp³-hybridized carbons (Fsp3) is 0.136. The lowest BCUT2D eigenvalue weighted by molar-refractivity contribution is 0.0563. The maximum atomic E-state index is 14.5. The van der Waals surface area contributed by atoms with Crippen LogP contribution in [0.3, 0.4) is 0 Å². The lowest BCUT2D eigenvalue weighted by atomic mass is 10.1. The van der Waals surface area contributed by atoms with Gasteiger partial charge in [-0.3, -0.25) is 4.57 Å². The van der Waals surface area contributed by atoms with Crippen LogP contribution >= 0.6 is 11.8 Å². The van der Waals surface area contributed by atoms with Gasteiger partial charge in [-0.15, -0.1) is 10.2 Å². The average Bonchev–Trinajstić information content (AvgIpc) is 3.39. The molecular weight excluding hydrogens is 405 g/mol. The van der Waals surface area contributed by atoms with E-state index in [1.807, 2.05) is 35.8 Å². The van der Waals surface area contributed by atoms with E-state index in [1.165, 1.54) is 24.9 Å². The summed E-state index contributed by atoms with van der Waals surface area (Å²) in [6.07, 6.45) is 0. The molecule has 0 spiro atoms. The van der Waals surface area contributed by atoms with Crippen molar-refractivity contribution in [3.05, 3.63) is 83.6 Å². The van der Waals surface area contributed by atoms with Gasteiger partial charge in [-0.1, -0.05) is 42.1 Å². The van der Waals surface area contributed by atoms with Crippen LogP contribution in [0.25, 0.3) is 17.1 Å². The summed E-state index contributed by atoms with van der Waals surface area (Å²) < 4.78 is 26.5. The lowest BCUT2D eigenvalue weighted by Crippen LogP contribution is -2.02. The predicted molar refractivity (Wildman–Crippen MR) is 111 cm³/mol. The number of nitrogens with zero attached hydrogens (tertiary/aromatic N) is 3. The van der Waals surface area contributed by atoms with Crippen LogP contribution in [0.5, 0.6) is 0 Å². The first-order chi connectivity index (χ1) is 14.6. The van der Waals surface area contributed by atoms with Gasteiger partial charge < -0.3 is 9.15 Å². The van der Waals surface area contributed by atoms with Gasteiger partial charge in [0.05, 0.1) is 24.1 Å². The molecule has 0 fully saturated rings. The number of halogens is 1. The van der Waals surface area contributed by atoms with Crippen molar-refractivity contribution < 1.29 is 18.3 Å². The largest absolute Gasteiger partial charge is 0.463 e. The summed E-state index contributed by atoms with van der Waals surface area (Å²) in [6, 6.07) is 17.5. The van der Waals surface area contributed by atoms with Gasteiger partial charge in [0.25, 0.3) is 0 Å². The van der Waals surface area contributed by atoms with Crippen LogP contribution in [0.1, 0.15) is 21.9 Å². The summed E-state index contributed by atoms with van der Waals surface area (Å²) in [5.74, 6) is 0.659. The standard InChI is InChI=1S/C22H18FN3O3S/c1-14-7-3-6-10-18(14)26-20(16-8-4-5-9-17(16)23)24-25-22(26)30-13-15-11-12-19(29-15)21(27)28-2/h3-12H,13H2,1-2H3. The topological polar surface area (TPSA) is 70.2 Å². The summed E-state index contributed by atoms with van der Waals surface area (Å²) >= 11 is 1.38. The Bertz CT molecular complexity index is 1200. The maximum Gasteiger partial charge on any atom is 0.373 e. The van der Waals surface area contributed by atoms with Crippen molar-refractivity contribution in [2.45, 2.75) is 17.8 Å². The second-order valence-electron chi connectivity index (χ2n) is 6.45. The minimum Gasteiger partial charge on any atom is -0.463 e. The van der Waals surface area contributed by atoms with E-state index < -0.39 is 5.97 Å². The van der Waals surface area contributed by atoms with Crippen molar-refractivity contribution in [2.24, 2.45) is 0 Å². The van der Waals surface area contributed by atoms with Crippen molar-refractivity contribution >= 4 is 17.7 Å². The Kier molecular flexibility index (Phi) is 5.67. The number of aromatic nitrogens is 3. The third kappa shape index (κ3) is 3.86. The third-order valence-corrected chi connectivity index (χ3v) is 5.45. The summed E-state index contributed by atoms with van der Waals surface area (Å²) in [5, 5.41) is 9.15. The molecular formula is C22H18FN3O3S. The summed E-state index contributed by atoms with van der Waals surface area (Å²) in [6.45, 7) is 1.98. The second-order valence-corrected chi connectivity index (χ2v) is 7.40. The minimum absolute atomic E-state index is 0.139. The monoisotopic (exact) mass is 423 g/mol. The Morgan fingerprint density at radius 3 is 2.63 bits per heavy atom. The molecule has 2 aromatic heterocycles. The molecule has 0 amide bonds. The molecule has 152 valence electrons. The average molecular weight is 423 g/mol. The molecule has 0 aliphatic carbocycles. The fourth-order valence-corrected chi connectivity index (χ4v) is 3.85. The molecule has 0 radical (unpaired) electrons. The first-order valence-corrected chi connectivity index (χ1v) is 10.1. The van der Waals surface area contributed by atoms with Crippen molar-refractivity contribution in [1.29, 1.82) is 0 Å². The molecule has 2 heterocycles. The van der Waals surface area contributed by atoms with Crippen LogP contribution in [-0.4, -0.2) is 27.8 Å². The molecule has 0 saturated carbocycles. The Morgan fingerprint density at radius 2 is 1.87 bits per heavy atom. The molecule has 0 saturated heterocycles.